The maximum Gasteiger partial charge on any atom is 0.131 e. The lowest BCUT2D eigenvalue weighted by molar-refractivity contribution is 0.604. The van der Waals surface area contributed by atoms with E-state index in [0.717, 1.165) is 33.2 Å². The highest BCUT2D eigenvalue weighted by Gasteiger charge is 2.29. The van der Waals surface area contributed by atoms with E-state index in [-0.39, 0.29) is 5.82 Å². The Bertz CT molecular complexity index is 1060. The van der Waals surface area contributed by atoms with Crippen molar-refractivity contribution in [3.8, 4) is 0 Å². The van der Waals surface area contributed by atoms with E-state index in [1.54, 1.807) is 24.5 Å². The van der Waals surface area contributed by atoms with Crippen LogP contribution in [0.1, 0.15) is 11.7 Å². The van der Waals surface area contributed by atoms with Gasteiger partial charge in [0.15, 0.2) is 0 Å². The van der Waals surface area contributed by atoms with Crippen LogP contribution in [-0.4, -0.2) is 9.97 Å². The number of pyridine rings is 2. The van der Waals surface area contributed by atoms with Crippen LogP contribution in [0.2, 0.25) is 5.02 Å². The van der Waals surface area contributed by atoms with Crippen LogP contribution in [0, 0.1) is 5.82 Å². The average Bonchev–Trinajstić information content (AvgIpc) is 3.07. The molecule has 2 N–H and O–H groups in total. The highest BCUT2D eigenvalue weighted by Crippen LogP contribution is 2.46. The summed E-state index contributed by atoms with van der Waals surface area (Å²) >= 11 is 6.24. The van der Waals surface area contributed by atoms with Gasteiger partial charge < -0.3 is 10.6 Å². The normalized spacial score (nSPS) is 13.7. The van der Waals surface area contributed by atoms with Crippen LogP contribution in [0.5, 0.6) is 0 Å². The molecule has 2 aromatic carbocycles. The van der Waals surface area contributed by atoms with Crippen molar-refractivity contribution >= 4 is 44.8 Å². The Kier molecular flexibility index (Phi) is 3.05. The number of aromatic nitrogens is 2. The summed E-state index contributed by atoms with van der Waals surface area (Å²) in [6.07, 6.45) is 3.03. The molecule has 3 heterocycles. The summed E-state index contributed by atoms with van der Waals surface area (Å²) in [6.45, 7) is 0. The zero-order chi connectivity index (χ0) is 17.0. The first-order valence-electron chi connectivity index (χ1n) is 7.86. The van der Waals surface area contributed by atoms with E-state index in [2.05, 4.69) is 20.6 Å². The summed E-state index contributed by atoms with van der Waals surface area (Å²) in [4.78, 5) is 8.98. The Labute approximate surface area is 147 Å². The van der Waals surface area contributed by atoms with Crippen molar-refractivity contribution < 1.29 is 4.39 Å². The molecule has 0 saturated carbocycles. The molecule has 0 spiro atoms. The first-order valence-corrected chi connectivity index (χ1v) is 8.24. The van der Waals surface area contributed by atoms with Gasteiger partial charge in [0.05, 0.1) is 27.4 Å². The highest BCUT2D eigenvalue weighted by atomic mass is 35.5. The molecule has 0 saturated heterocycles. The van der Waals surface area contributed by atoms with Gasteiger partial charge in [-0.3, -0.25) is 9.97 Å². The molecule has 1 aliphatic rings. The predicted octanol–water partition coefficient (Wildman–Crippen LogP) is 5.11. The van der Waals surface area contributed by atoms with Gasteiger partial charge in [-0.15, -0.1) is 0 Å². The maximum atomic E-state index is 14.4. The van der Waals surface area contributed by atoms with Crippen molar-refractivity contribution in [2.24, 2.45) is 0 Å². The van der Waals surface area contributed by atoms with Crippen molar-refractivity contribution in [3.05, 3.63) is 71.3 Å². The lowest BCUT2D eigenvalue weighted by Crippen LogP contribution is -2.14. The summed E-state index contributed by atoms with van der Waals surface area (Å²) in [5.41, 5.74) is 3.79. The lowest BCUT2D eigenvalue weighted by atomic mass is 10.1. The van der Waals surface area contributed by atoms with Gasteiger partial charge in [-0.2, -0.15) is 0 Å². The minimum atomic E-state index is -0.460. The second kappa shape index (κ2) is 5.29. The van der Waals surface area contributed by atoms with E-state index in [1.165, 1.54) is 6.07 Å². The summed E-state index contributed by atoms with van der Waals surface area (Å²) < 4.78 is 14.4. The number of hydrogen-bond acceptors (Lipinski definition) is 4. The Morgan fingerprint density at radius 2 is 1.44 bits per heavy atom. The second-order valence-electron chi connectivity index (χ2n) is 5.91. The zero-order valence-corrected chi connectivity index (χ0v) is 13.7. The number of anilines is 2. The van der Waals surface area contributed by atoms with Crippen molar-refractivity contribution in [1.82, 2.24) is 9.97 Å². The Morgan fingerprint density at radius 3 is 2.00 bits per heavy atom. The summed E-state index contributed by atoms with van der Waals surface area (Å²) in [5.74, 6) is -0.352. The van der Waals surface area contributed by atoms with Crippen LogP contribution < -0.4 is 10.6 Å². The van der Waals surface area contributed by atoms with Gasteiger partial charge in [0, 0.05) is 28.7 Å². The Morgan fingerprint density at radius 1 is 0.840 bits per heavy atom. The number of benzene rings is 2. The van der Waals surface area contributed by atoms with Crippen LogP contribution in [0.3, 0.4) is 0 Å². The maximum absolute atomic E-state index is 14.4. The SMILES string of the molecule is Fc1cccc(Cl)c1C1Nc2c(c3cccnc3c3ncccc23)N1. The molecular formula is C19H12ClFN4. The standard InChI is InChI=1S/C19H12ClFN4/c20-12-6-1-7-13(21)14(12)19-24-17-10-4-2-8-22-15(10)16-11(18(17)25-19)5-3-9-23-16/h1-9,19,24-25H. The van der Waals surface area contributed by atoms with Gasteiger partial charge in [-0.05, 0) is 36.4 Å². The van der Waals surface area contributed by atoms with Crippen LogP contribution in [0.15, 0.2) is 54.9 Å². The quantitative estimate of drug-likeness (QED) is 0.468. The van der Waals surface area contributed by atoms with Gasteiger partial charge in [-0.25, -0.2) is 4.39 Å². The topological polar surface area (TPSA) is 49.8 Å². The molecule has 5 rings (SSSR count). The van der Waals surface area contributed by atoms with E-state index in [1.807, 2.05) is 24.3 Å². The Balaban J connectivity index is 1.78. The van der Waals surface area contributed by atoms with Crippen LogP contribution in [0.25, 0.3) is 21.8 Å². The smallest absolute Gasteiger partial charge is 0.131 e. The van der Waals surface area contributed by atoms with Crippen molar-refractivity contribution in [2.75, 3.05) is 10.6 Å². The zero-order valence-electron chi connectivity index (χ0n) is 12.9. The molecule has 0 fully saturated rings. The molecule has 0 bridgehead atoms. The number of hydrogen-bond donors (Lipinski definition) is 2. The number of rotatable bonds is 1. The molecule has 2 aromatic heterocycles. The number of nitrogens with zero attached hydrogens (tertiary/aromatic N) is 2. The van der Waals surface area contributed by atoms with Gasteiger partial charge in [0.25, 0.3) is 0 Å². The van der Waals surface area contributed by atoms with Crippen molar-refractivity contribution in [2.45, 2.75) is 6.17 Å². The molecule has 0 unspecified atom stereocenters. The van der Waals surface area contributed by atoms with E-state index >= 15 is 0 Å². The summed E-state index contributed by atoms with van der Waals surface area (Å²) in [5, 5.41) is 8.98. The molecule has 0 amide bonds. The van der Waals surface area contributed by atoms with Crippen LogP contribution in [0.4, 0.5) is 15.8 Å². The monoisotopic (exact) mass is 350 g/mol. The van der Waals surface area contributed by atoms with Gasteiger partial charge in [0.1, 0.15) is 12.0 Å². The minimum absolute atomic E-state index is 0.352. The number of fused-ring (bicyclic) bond motifs is 6. The van der Waals surface area contributed by atoms with E-state index < -0.39 is 6.17 Å². The van der Waals surface area contributed by atoms with Crippen LogP contribution in [-0.2, 0) is 0 Å². The third-order valence-electron chi connectivity index (χ3n) is 4.49. The third-order valence-corrected chi connectivity index (χ3v) is 4.82. The molecule has 6 heteroatoms. The van der Waals surface area contributed by atoms with E-state index in [4.69, 9.17) is 11.6 Å². The lowest BCUT2D eigenvalue weighted by Gasteiger charge is -2.15. The largest absolute Gasteiger partial charge is 0.359 e. The second-order valence-corrected chi connectivity index (χ2v) is 6.31. The van der Waals surface area contributed by atoms with E-state index in [9.17, 15) is 4.39 Å². The molecule has 25 heavy (non-hydrogen) atoms. The molecular weight excluding hydrogens is 339 g/mol. The number of halogens is 2. The first-order chi connectivity index (χ1) is 12.2. The van der Waals surface area contributed by atoms with E-state index in [0.29, 0.717) is 10.6 Å². The third kappa shape index (κ3) is 2.06. The fourth-order valence-electron chi connectivity index (χ4n) is 3.42. The molecule has 0 aliphatic carbocycles. The number of nitrogens with one attached hydrogen (secondary N) is 2. The molecule has 4 aromatic rings. The summed E-state index contributed by atoms with van der Waals surface area (Å²) in [7, 11) is 0. The summed E-state index contributed by atoms with van der Waals surface area (Å²) in [6, 6.07) is 12.4. The minimum Gasteiger partial charge on any atom is -0.359 e. The molecule has 0 radical (unpaired) electrons. The fourth-order valence-corrected chi connectivity index (χ4v) is 3.69. The van der Waals surface area contributed by atoms with Gasteiger partial charge in [-0.1, -0.05) is 17.7 Å². The fraction of sp³-hybridized carbons (Fsp3) is 0.0526. The van der Waals surface area contributed by atoms with Gasteiger partial charge in [0.2, 0.25) is 0 Å². The predicted molar refractivity (Wildman–Crippen MR) is 98.4 cm³/mol. The van der Waals surface area contributed by atoms with Crippen LogP contribution >= 0.6 is 11.6 Å². The highest BCUT2D eigenvalue weighted by molar-refractivity contribution is 6.31. The first kappa shape index (κ1) is 14.4. The average molecular weight is 351 g/mol. The van der Waals surface area contributed by atoms with Crippen molar-refractivity contribution in [3.63, 3.8) is 0 Å². The molecule has 0 atom stereocenters. The van der Waals surface area contributed by atoms with Crippen molar-refractivity contribution in [1.29, 1.82) is 0 Å². The molecule has 4 nitrogen and oxygen atoms in total. The molecule has 122 valence electrons. The molecule has 1 aliphatic heterocycles. The van der Waals surface area contributed by atoms with Gasteiger partial charge >= 0.3 is 0 Å². The Hall–Kier alpha value is -2.92.